The van der Waals surface area contributed by atoms with Gasteiger partial charge in [-0.25, -0.2) is 0 Å². The van der Waals surface area contributed by atoms with Gasteiger partial charge in [-0.05, 0) is 12.8 Å². The number of amides is 2. The molecule has 0 aliphatic heterocycles. The van der Waals surface area contributed by atoms with Gasteiger partial charge in [0.2, 0.25) is 11.8 Å². The second-order valence-corrected chi connectivity index (χ2v) is 4.53. The fourth-order valence-electron chi connectivity index (χ4n) is 2.14. The van der Waals surface area contributed by atoms with E-state index < -0.39 is 5.54 Å². The normalized spacial score (nSPS) is 18.5. The van der Waals surface area contributed by atoms with Crippen LogP contribution in [0.5, 0.6) is 0 Å². The van der Waals surface area contributed by atoms with Crippen LogP contribution in [0, 0.1) is 0 Å². The predicted molar refractivity (Wildman–Crippen MR) is 63.1 cm³/mol. The number of carbonyl (C=O) groups is 2. The van der Waals surface area contributed by atoms with Crippen molar-refractivity contribution in [1.82, 2.24) is 10.6 Å². The van der Waals surface area contributed by atoms with Crippen molar-refractivity contribution in [2.24, 2.45) is 5.73 Å². The molecule has 0 spiro atoms. The van der Waals surface area contributed by atoms with E-state index in [1.54, 1.807) is 0 Å². The highest BCUT2D eigenvalue weighted by Crippen LogP contribution is 2.27. The molecular weight excluding hydrogens is 222 g/mol. The zero-order chi connectivity index (χ0) is 12.7. The standard InChI is InChI=1S/C11H21N3O3/c12-6-9(16)13-7-10(17)14-11(8-15)4-2-1-3-5-11/h15H,1-8,12H2,(H,13,16)(H,14,17). The number of nitrogens with one attached hydrogen (secondary N) is 2. The molecule has 6 heteroatoms. The van der Waals surface area contributed by atoms with Gasteiger partial charge >= 0.3 is 0 Å². The Bertz CT molecular complexity index is 275. The molecule has 5 N–H and O–H groups in total. The van der Waals surface area contributed by atoms with Crippen LogP contribution in [0.1, 0.15) is 32.1 Å². The molecule has 98 valence electrons. The third-order valence-electron chi connectivity index (χ3n) is 3.15. The van der Waals surface area contributed by atoms with Crippen molar-refractivity contribution >= 4 is 11.8 Å². The van der Waals surface area contributed by atoms with E-state index in [-0.39, 0.29) is 31.5 Å². The van der Waals surface area contributed by atoms with Crippen molar-refractivity contribution in [3.63, 3.8) is 0 Å². The number of aliphatic hydroxyl groups is 1. The van der Waals surface area contributed by atoms with Crippen molar-refractivity contribution in [2.45, 2.75) is 37.6 Å². The lowest BCUT2D eigenvalue weighted by Crippen LogP contribution is -2.55. The first-order valence-electron chi connectivity index (χ1n) is 6.00. The van der Waals surface area contributed by atoms with Crippen molar-refractivity contribution in [3.05, 3.63) is 0 Å². The van der Waals surface area contributed by atoms with Gasteiger partial charge in [0.25, 0.3) is 0 Å². The van der Waals surface area contributed by atoms with Gasteiger partial charge in [0.05, 0.1) is 25.2 Å². The first-order chi connectivity index (χ1) is 8.12. The second-order valence-electron chi connectivity index (χ2n) is 4.53. The second kappa shape index (κ2) is 6.56. The van der Waals surface area contributed by atoms with Crippen molar-refractivity contribution in [3.8, 4) is 0 Å². The number of hydrogen-bond donors (Lipinski definition) is 4. The van der Waals surface area contributed by atoms with Gasteiger partial charge < -0.3 is 21.5 Å². The first kappa shape index (κ1) is 13.9. The Kier molecular flexibility index (Phi) is 5.37. The first-order valence-corrected chi connectivity index (χ1v) is 6.00. The number of rotatable bonds is 5. The van der Waals surface area contributed by atoms with Gasteiger partial charge in [-0.3, -0.25) is 9.59 Å². The Morgan fingerprint density at radius 2 is 1.82 bits per heavy atom. The molecule has 1 saturated carbocycles. The molecule has 0 heterocycles. The van der Waals surface area contributed by atoms with Crippen LogP contribution in [0.3, 0.4) is 0 Å². The largest absolute Gasteiger partial charge is 0.394 e. The summed E-state index contributed by atoms with van der Waals surface area (Å²) in [6, 6.07) is 0. The van der Waals surface area contributed by atoms with E-state index in [9.17, 15) is 14.7 Å². The van der Waals surface area contributed by atoms with Crippen LogP contribution in [0.15, 0.2) is 0 Å². The zero-order valence-electron chi connectivity index (χ0n) is 10.00. The Balaban J connectivity index is 2.39. The molecule has 0 atom stereocenters. The minimum absolute atomic E-state index is 0.0520. The summed E-state index contributed by atoms with van der Waals surface area (Å²) in [5, 5.41) is 14.6. The molecule has 2 amide bonds. The summed E-state index contributed by atoms with van der Waals surface area (Å²) in [7, 11) is 0. The Labute approximate surface area is 101 Å². The summed E-state index contributed by atoms with van der Waals surface area (Å²) in [4.78, 5) is 22.5. The van der Waals surface area contributed by atoms with Gasteiger partial charge in [-0.2, -0.15) is 0 Å². The number of aliphatic hydroxyl groups excluding tert-OH is 1. The molecule has 1 aliphatic carbocycles. The van der Waals surface area contributed by atoms with E-state index in [1.165, 1.54) is 0 Å². The van der Waals surface area contributed by atoms with E-state index in [0.29, 0.717) is 0 Å². The third-order valence-corrected chi connectivity index (χ3v) is 3.15. The van der Waals surface area contributed by atoms with Gasteiger partial charge in [0.15, 0.2) is 0 Å². The van der Waals surface area contributed by atoms with Crippen molar-refractivity contribution in [2.75, 3.05) is 19.7 Å². The quantitative estimate of drug-likeness (QED) is 0.490. The van der Waals surface area contributed by atoms with Gasteiger partial charge in [-0.15, -0.1) is 0 Å². The van der Waals surface area contributed by atoms with Crippen LogP contribution in [-0.2, 0) is 9.59 Å². The highest BCUT2D eigenvalue weighted by atomic mass is 16.3. The third kappa shape index (κ3) is 4.32. The number of carbonyl (C=O) groups excluding carboxylic acids is 2. The molecular formula is C11H21N3O3. The fraction of sp³-hybridized carbons (Fsp3) is 0.818. The minimum atomic E-state index is -0.497. The van der Waals surface area contributed by atoms with E-state index in [0.717, 1.165) is 32.1 Å². The maximum absolute atomic E-state index is 11.6. The lowest BCUT2D eigenvalue weighted by atomic mass is 9.82. The number of nitrogens with two attached hydrogens (primary N) is 1. The number of hydrogen-bond acceptors (Lipinski definition) is 4. The van der Waals surface area contributed by atoms with Crippen LogP contribution in [0.2, 0.25) is 0 Å². The zero-order valence-corrected chi connectivity index (χ0v) is 10.00. The minimum Gasteiger partial charge on any atom is -0.394 e. The lowest BCUT2D eigenvalue weighted by Gasteiger charge is -2.36. The highest BCUT2D eigenvalue weighted by Gasteiger charge is 2.32. The molecule has 0 aromatic carbocycles. The molecule has 0 aromatic rings. The van der Waals surface area contributed by atoms with E-state index >= 15 is 0 Å². The molecule has 1 rings (SSSR count). The van der Waals surface area contributed by atoms with Gasteiger partial charge in [0.1, 0.15) is 0 Å². The van der Waals surface area contributed by atoms with Gasteiger partial charge in [-0.1, -0.05) is 19.3 Å². The summed E-state index contributed by atoms with van der Waals surface area (Å²) in [6.07, 6.45) is 4.74. The summed E-state index contributed by atoms with van der Waals surface area (Å²) < 4.78 is 0. The van der Waals surface area contributed by atoms with Crippen molar-refractivity contribution < 1.29 is 14.7 Å². The SMILES string of the molecule is NCC(=O)NCC(=O)NC1(CO)CCCCC1. The van der Waals surface area contributed by atoms with E-state index in [2.05, 4.69) is 10.6 Å². The van der Waals surface area contributed by atoms with Crippen LogP contribution >= 0.6 is 0 Å². The molecule has 17 heavy (non-hydrogen) atoms. The summed E-state index contributed by atoms with van der Waals surface area (Å²) in [6.45, 7) is -0.264. The maximum Gasteiger partial charge on any atom is 0.239 e. The predicted octanol–water partition coefficient (Wildman–Crippen LogP) is -1.13. The van der Waals surface area contributed by atoms with Gasteiger partial charge in [0, 0.05) is 0 Å². The Hall–Kier alpha value is -1.14. The van der Waals surface area contributed by atoms with E-state index in [4.69, 9.17) is 5.73 Å². The Morgan fingerprint density at radius 1 is 1.18 bits per heavy atom. The summed E-state index contributed by atoms with van der Waals surface area (Å²) in [5.41, 5.74) is 4.61. The Morgan fingerprint density at radius 3 is 2.35 bits per heavy atom. The lowest BCUT2D eigenvalue weighted by molar-refractivity contribution is -0.127. The molecule has 0 saturated heterocycles. The van der Waals surface area contributed by atoms with Crippen molar-refractivity contribution in [1.29, 1.82) is 0 Å². The van der Waals surface area contributed by atoms with E-state index in [1.807, 2.05) is 0 Å². The topological polar surface area (TPSA) is 104 Å². The fourth-order valence-corrected chi connectivity index (χ4v) is 2.14. The average molecular weight is 243 g/mol. The average Bonchev–Trinajstić information content (AvgIpc) is 2.37. The van der Waals surface area contributed by atoms with Crippen LogP contribution in [-0.4, -0.2) is 42.2 Å². The molecule has 0 unspecified atom stereocenters. The highest BCUT2D eigenvalue weighted by molar-refractivity contribution is 5.85. The molecule has 0 radical (unpaired) electrons. The molecule has 1 fully saturated rings. The monoisotopic (exact) mass is 243 g/mol. The molecule has 0 bridgehead atoms. The smallest absolute Gasteiger partial charge is 0.239 e. The molecule has 1 aliphatic rings. The molecule has 6 nitrogen and oxygen atoms in total. The maximum atomic E-state index is 11.6. The molecule has 0 aromatic heterocycles. The summed E-state index contributed by atoms with van der Waals surface area (Å²) >= 11 is 0. The van der Waals surface area contributed by atoms with Crippen LogP contribution in [0.25, 0.3) is 0 Å². The van der Waals surface area contributed by atoms with Crippen LogP contribution in [0.4, 0.5) is 0 Å². The summed E-state index contributed by atoms with van der Waals surface area (Å²) in [5.74, 6) is -0.635. The van der Waals surface area contributed by atoms with Crippen LogP contribution < -0.4 is 16.4 Å².